The lowest BCUT2D eigenvalue weighted by Gasteiger charge is -2.16. The summed E-state index contributed by atoms with van der Waals surface area (Å²) in [5, 5.41) is 30.0. The van der Waals surface area contributed by atoms with Crippen molar-refractivity contribution in [3.05, 3.63) is 71.0 Å². The molecule has 9 nitrogen and oxygen atoms in total. The first kappa shape index (κ1) is 23.0. The minimum absolute atomic E-state index is 0.115. The molecule has 1 aromatic heterocycles. The molecule has 0 bridgehead atoms. The molecule has 1 amide bonds. The largest absolute Gasteiger partial charge is 0.497 e. The summed E-state index contributed by atoms with van der Waals surface area (Å²) >= 11 is 1.19. The fourth-order valence-corrected chi connectivity index (χ4v) is 3.69. The highest BCUT2D eigenvalue weighted by atomic mass is 32.2. The van der Waals surface area contributed by atoms with Crippen LogP contribution in [0.3, 0.4) is 0 Å². The van der Waals surface area contributed by atoms with Crippen LogP contribution < -0.4 is 10.1 Å². The minimum atomic E-state index is -0.773. The molecule has 0 saturated carbocycles. The summed E-state index contributed by atoms with van der Waals surface area (Å²) in [5.41, 5.74) is 1.40. The number of Topliss-reactive ketones (excluding diaryl/α,β-unsaturated/α-hetero) is 1. The van der Waals surface area contributed by atoms with Gasteiger partial charge >= 0.3 is 0 Å². The van der Waals surface area contributed by atoms with Crippen molar-refractivity contribution < 1.29 is 19.4 Å². The molecule has 3 rings (SSSR count). The number of ketones is 1. The molecular weight excluding hydrogens is 430 g/mol. The van der Waals surface area contributed by atoms with Crippen molar-refractivity contribution in [1.82, 2.24) is 20.1 Å². The van der Waals surface area contributed by atoms with Gasteiger partial charge in [-0.2, -0.15) is 5.26 Å². The highest BCUT2D eigenvalue weighted by Gasteiger charge is 2.22. The van der Waals surface area contributed by atoms with Crippen LogP contribution in [0.1, 0.15) is 38.1 Å². The Kier molecular flexibility index (Phi) is 7.59. The van der Waals surface area contributed by atoms with Crippen LogP contribution in [0, 0.1) is 11.3 Å². The number of benzene rings is 2. The Morgan fingerprint density at radius 1 is 1.16 bits per heavy atom. The van der Waals surface area contributed by atoms with E-state index in [2.05, 4.69) is 15.5 Å². The van der Waals surface area contributed by atoms with Gasteiger partial charge in [-0.25, -0.2) is 0 Å². The fourth-order valence-electron chi connectivity index (χ4n) is 2.88. The van der Waals surface area contributed by atoms with E-state index in [1.54, 1.807) is 67.3 Å². The highest BCUT2D eigenvalue weighted by Crippen LogP contribution is 2.21. The normalized spacial score (nSPS) is 11.4. The van der Waals surface area contributed by atoms with Gasteiger partial charge in [0.25, 0.3) is 5.91 Å². The number of carbonyl (C=O) groups is 2. The number of aromatic nitrogens is 3. The van der Waals surface area contributed by atoms with E-state index in [1.807, 2.05) is 6.07 Å². The second-order valence-electron chi connectivity index (χ2n) is 6.74. The average Bonchev–Trinajstić information content (AvgIpc) is 3.20. The molecule has 1 heterocycles. The van der Waals surface area contributed by atoms with Gasteiger partial charge in [0, 0.05) is 18.2 Å². The van der Waals surface area contributed by atoms with E-state index in [0.717, 1.165) is 0 Å². The quantitative estimate of drug-likeness (QED) is 0.374. The zero-order chi connectivity index (χ0) is 23.1. The van der Waals surface area contributed by atoms with Crippen molar-refractivity contribution in [3.8, 4) is 11.8 Å². The molecule has 32 heavy (non-hydrogen) atoms. The molecule has 0 fully saturated rings. The second kappa shape index (κ2) is 10.6. The average molecular weight is 452 g/mol. The molecule has 0 saturated heterocycles. The van der Waals surface area contributed by atoms with Crippen LogP contribution in [0.4, 0.5) is 0 Å². The van der Waals surface area contributed by atoms with E-state index >= 15 is 0 Å². The van der Waals surface area contributed by atoms with Crippen molar-refractivity contribution >= 4 is 23.5 Å². The number of aliphatic hydroxyl groups excluding tert-OH is 1. The van der Waals surface area contributed by atoms with Gasteiger partial charge < -0.3 is 19.7 Å². The van der Waals surface area contributed by atoms with Crippen LogP contribution in [0.25, 0.3) is 0 Å². The smallest absolute Gasteiger partial charge is 0.251 e. The summed E-state index contributed by atoms with van der Waals surface area (Å²) in [6.45, 7) is -0.372. The number of rotatable bonds is 9. The predicted octanol–water partition coefficient (Wildman–Crippen LogP) is 2.13. The monoisotopic (exact) mass is 451 g/mol. The van der Waals surface area contributed by atoms with Crippen molar-refractivity contribution in [1.29, 1.82) is 5.26 Å². The number of amides is 1. The second-order valence-corrected chi connectivity index (χ2v) is 7.68. The van der Waals surface area contributed by atoms with Crippen LogP contribution in [0.2, 0.25) is 0 Å². The van der Waals surface area contributed by atoms with Gasteiger partial charge in [0.15, 0.2) is 16.8 Å². The fraction of sp³-hybridized carbons (Fsp3) is 0.227. The van der Waals surface area contributed by atoms with Gasteiger partial charge in [0.05, 0.1) is 31.1 Å². The summed E-state index contributed by atoms with van der Waals surface area (Å²) in [6.07, 6.45) is 0. The van der Waals surface area contributed by atoms with E-state index in [4.69, 9.17) is 10.00 Å². The predicted molar refractivity (Wildman–Crippen MR) is 118 cm³/mol. The number of hydrogen-bond donors (Lipinski definition) is 2. The zero-order valence-corrected chi connectivity index (χ0v) is 18.3. The van der Waals surface area contributed by atoms with Crippen LogP contribution in [0.5, 0.6) is 5.75 Å². The summed E-state index contributed by atoms with van der Waals surface area (Å²) < 4.78 is 6.72. The number of ether oxygens (including phenoxy) is 1. The van der Waals surface area contributed by atoms with Crippen LogP contribution in [-0.2, 0) is 7.05 Å². The first-order chi connectivity index (χ1) is 15.5. The maximum atomic E-state index is 12.5. The molecule has 10 heteroatoms. The van der Waals surface area contributed by atoms with E-state index in [9.17, 15) is 14.7 Å². The molecule has 0 radical (unpaired) electrons. The number of methoxy groups -OCH3 is 1. The number of nitriles is 1. The summed E-state index contributed by atoms with van der Waals surface area (Å²) in [4.78, 5) is 24.9. The molecule has 0 aliphatic rings. The standard InChI is InChI=1S/C22H21N5O4S/c1-27-20(18(12-28)24-21(30)16-7-9-17(31-2)10-8-16)25-26-22(27)32-13-19(29)15-5-3-14(11-23)4-6-15/h3-10,18,28H,12-13H2,1-2H3,(H,24,30). The lowest BCUT2D eigenvalue weighted by Crippen LogP contribution is -2.32. The van der Waals surface area contributed by atoms with Gasteiger partial charge in [-0.3, -0.25) is 9.59 Å². The molecule has 1 unspecified atom stereocenters. The van der Waals surface area contributed by atoms with Gasteiger partial charge in [-0.05, 0) is 36.4 Å². The van der Waals surface area contributed by atoms with Gasteiger partial charge in [0.2, 0.25) is 0 Å². The van der Waals surface area contributed by atoms with Crippen LogP contribution >= 0.6 is 11.8 Å². The van der Waals surface area contributed by atoms with Crippen LogP contribution in [0.15, 0.2) is 53.7 Å². The Bertz CT molecular complexity index is 1140. The number of hydrogen-bond acceptors (Lipinski definition) is 8. The number of thioether (sulfide) groups is 1. The van der Waals surface area contributed by atoms with Gasteiger partial charge in [-0.1, -0.05) is 23.9 Å². The Labute approximate surface area is 189 Å². The molecule has 2 N–H and O–H groups in total. The number of nitrogens with one attached hydrogen (secondary N) is 1. The highest BCUT2D eigenvalue weighted by molar-refractivity contribution is 7.99. The lowest BCUT2D eigenvalue weighted by molar-refractivity contribution is 0.0911. The first-order valence-corrected chi connectivity index (χ1v) is 10.6. The Morgan fingerprint density at radius 2 is 1.81 bits per heavy atom. The summed E-state index contributed by atoms with van der Waals surface area (Å²) in [7, 11) is 3.24. The van der Waals surface area contributed by atoms with Crippen molar-refractivity contribution in [3.63, 3.8) is 0 Å². The number of carbonyl (C=O) groups excluding carboxylic acids is 2. The molecule has 0 aliphatic carbocycles. The van der Waals surface area contributed by atoms with E-state index in [0.29, 0.717) is 33.4 Å². The molecule has 0 spiro atoms. The van der Waals surface area contributed by atoms with Crippen molar-refractivity contribution in [2.24, 2.45) is 7.05 Å². The lowest BCUT2D eigenvalue weighted by atomic mass is 10.1. The van der Waals surface area contributed by atoms with Crippen molar-refractivity contribution in [2.45, 2.75) is 11.2 Å². The molecule has 164 valence electrons. The third-order valence-electron chi connectivity index (χ3n) is 4.69. The van der Waals surface area contributed by atoms with Crippen LogP contribution in [-0.4, -0.2) is 51.0 Å². The van der Waals surface area contributed by atoms with E-state index in [-0.39, 0.29) is 24.1 Å². The third kappa shape index (κ3) is 5.32. The number of nitrogens with zero attached hydrogens (tertiary/aromatic N) is 4. The first-order valence-electron chi connectivity index (χ1n) is 9.58. The zero-order valence-electron chi connectivity index (χ0n) is 17.5. The topological polar surface area (TPSA) is 130 Å². The molecule has 0 aliphatic heterocycles. The summed E-state index contributed by atoms with van der Waals surface area (Å²) in [5.74, 6) is 0.629. The molecular formula is C22H21N5O4S. The Morgan fingerprint density at radius 3 is 2.41 bits per heavy atom. The summed E-state index contributed by atoms with van der Waals surface area (Å²) in [6, 6.07) is 14.2. The maximum absolute atomic E-state index is 12.5. The van der Waals surface area contributed by atoms with Gasteiger partial charge in [-0.15, -0.1) is 10.2 Å². The maximum Gasteiger partial charge on any atom is 0.251 e. The molecule has 1 atom stereocenters. The van der Waals surface area contributed by atoms with E-state index < -0.39 is 6.04 Å². The molecule has 3 aromatic rings. The molecule has 2 aromatic carbocycles. The van der Waals surface area contributed by atoms with Crippen molar-refractivity contribution in [2.75, 3.05) is 19.5 Å². The third-order valence-corrected chi connectivity index (χ3v) is 5.71. The Balaban J connectivity index is 1.65. The minimum Gasteiger partial charge on any atom is -0.497 e. The van der Waals surface area contributed by atoms with E-state index in [1.165, 1.54) is 11.8 Å². The van der Waals surface area contributed by atoms with Gasteiger partial charge in [0.1, 0.15) is 11.8 Å². The number of aliphatic hydroxyl groups is 1. The Hall–Kier alpha value is -3.68. The SMILES string of the molecule is COc1ccc(C(=O)NC(CO)c2nnc(SCC(=O)c3ccc(C#N)cc3)n2C)cc1.